The van der Waals surface area contributed by atoms with Gasteiger partial charge in [0.05, 0.1) is 0 Å². The molecular weight excluding hydrogens is 219 g/mol. The fraction of sp³-hybridized carbons (Fsp3) is 0.538. The number of phenolic OH excluding ortho intramolecular Hbond substituents is 1. The number of aromatic hydroxyl groups is 1. The van der Waals surface area contributed by atoms with Crippen LogP contribution < -0.4 is 10.6 Å². The lowest BCUT2D eigenvalue weighted by atomic mass is 9.97. The molecule has 94 valence electrons. The van der Waals surface area contributed by atoms with Crippen LogP contribution in [0, 0.1) is 0 Å². The van der Waals surface area contributed by atoms with Crippen LogP contribution in [0.25, 0.3) is 0 Å². The summed E-state index contributed by atoms with van der Waals surface area (Å²) < 4.78 is 14.4. The van der Waals surface area contributed by atoms with Gasteiger partial charge in [-0.2, -0.15) is 0 Å². The van der Waals surface area contributed by atoms with Crippen LogP contribution in [0.4, 0.5) is 10.1 Å². The second kappa shape index (κ2) is 5.36. The number of hydrogen-bond donors (Lipinski definition) is 3. The summed E-state index contributed by atoms with van der Waals surface area (Å²) in [7, 11) is 0. The van der Waals surface area contributed by atoms with E-state index in [1.165, 1.54) is 0 Å². The van der Waals surface area contributed by atoms with E-state index in [2.05, 4.69) is 10.6 Å². The van der Waals surface area contributed by atoms with E-state index in [4.69, 9.17) is 5.11 Å². The number of phenols is 1. The molecule has 1 aliphatic heterocycles. The number of hydrogen-bond acceptors (Lipinski definition) is 3. The summed E-state index contributed by atoms with van der Waals surface area (Å²) in [5, 5.41) is 15.5. The molecule has 0 saturated carbocycles. The summed E-state index contributed by atoms with van der Waals surface area (Å²) in [6.07, 6.45) is 2.04. The molecule has 1 aromatic carbocycles. The highest BCUT2D eigenvalue weighted by Gasteiger charge is 2.29. The quantitative estimate of drug-likeness (QED) is 0.708. The van der Waals surface area contributed by atoms with Crippen molar-refractivity contribution >= 4 is 5.69 Å². The number of nitrogens with one attached hydrogen (secondary N) is 2. The second-order valence-corrected chi connectivity index (χ2v) is 4.65. The molecule has 0 amide bonds. The fourth-order valence-electron chi connectivity index (χ4n) is 2.11. The van der Waals surface area contributed by atoms with Crippen LogP contribution in [0.5, 0.6) is 5.75 Å². The maximum absolute atomic E-state index is 14.4. The van der Waals surface area contributed by atoms with Crippen molar-refractivity contribution in [2.75, 3.05) is 25.0 Å². The Labute approximate surface area is 101 Å². The van der Waals surface area contributed by atoms with Crippen molar-refractivity contribution in [3.63, 3.8) is 0 Å². The zero-order chi connectivity index (χ0) is 12.1. The first-order chi connectivity index (χ1) is 8.18. The summed E-state index contributed by atoms with van der Waals surface area (Å²) in [5.74, 6) is 0.226. The van der Waals surface area contributed by atoms with Gasteiger partial charge in [-0.05, 0) is 56.6 Å². The Balaban J connectivity index is 1.89. The number of halogens is 1. The molecule has 3 nitrogen and oxygen atoms in total. The first kappa shape index (κ1) is 12.2. The molecule has 0 bridgehead atoms. The maximum atomic E-state index is 14.4. The predicted molar refractivity (Wildman–Crippen MR) is 67.2 cm³/mol. The molecule has 1 aliphatic rings. The molecule has 2 rings (SSSR count). The molecule has 1 aromatic rings. The molecule has 0 radical (unpaired) electrons. The van der Waals surface area contributed by atoms with Gasteiger partial charge in [-0.25, -0.2) is 4.39 Å². The highest BCUT2D eigenvalue weighted by Crippen LogP contribution is 2.25. The fourth-order valence-corrected chi connectivity index (χ4v) is 2.11. The summed E-state index contributed by atoms with van der Waals surface area (Å²) >= 11 is 0. The monoisotopic (exact) mass is 238 g/mol. The maximum Gasteiger partial charge on any atom is 0.129 e. The summed E-state index contributed by atoms with van der Waals surface area (Å²) in [6.45, 7) is 1.98. The number of anilines is 1. The van der Waals surface area contributed by atoms with Crippen LogP contribution in [0.2, 0.25) is 0 Å². The smallest absolute Gasteiger partial charge is 0.129 e. The third-order valence-electron chi connectivity index (χ3n) is 3.20. The van der Waals surface area contributed by atoms with E-state index in [1.807, 2.05) is 0 Å². The molecule has 3 N–H and O–H groups in total. The lowest BCUT2D eigenvalue weighted by Crippen LogP contribution is -2.33. The van der Waals surface area contributed by atoms with Gasteiger partial charge in [0.25, 0.3) is 0 Å². The normalized spacial score (nSPS) is 25.2. The van der Waals surface area contributed by atoms with Crippen molar-refractivity contribution in [3.05, 3.63) is 24.3 Å². The van der Waals surface area contributed by atoms with Gasteiger partial charge >= 0.3 is 0 Å². The van der Waals surface area contributed by atoms with Crippen molar-refractivity contribution in [3.8, 4) is 5.75 Å². The van der Waals surface area contributed by atoms with Crippen LogP contribution in [-0.2, 0) is 0 Å². The van der Waals surface area contributed by atoms with Crippen LogP contribution in [0.1, 0.15) is 19.3 Å². The van der Waals surface area contributed by atoms with Gasteiger partial charge in [-0.1, -0.05) is 0 Å². The Hall–Kier alpha value is -1.29. The second-order valence-electron chi connectivity index (χ2n) is 4.65. The van der Waals surface area contributed by atoms with Gasteiger partial charge in [-0.3, -0.25) is 0 Å². The zero-order valence-corrected chi connectivity index (χ0v) is 9.88. The van der Waals surface area contributed by atoms with Crippen LogP contribution in [0.3, 0.4) is 0 Å². The van der Waals surface area contributed by atoms with Gasteiger partial charge in [0.2, 0.25) is 0 Å². The molecular formula is C13H19FN2O. The van der Waals surface area contributed by atoms with Crippen molar-refractivity contribution < 1.29 is 9.50 Å². The van der Waals surface area contributed by atoms with E-state index >= 15 is 0 Å². The Bertz CT molecular complexity index is 345. The highest BCUT2D eigenvalue weighted by molar-refractivity contribution is 5.46. The average molecular weight is 238 g/mol. The standard InChI is InChI=1S/C13H19FN2O/c14-13(6-1-8-15-9-7-13)10-16-11-2-4-12(17)5-3-11/h2-5,15-17H,1,6-10H2. The van der Waals surface area contributed by atoms with Gasteiger partial charge in [0, 0.05) is 12.2 Å². The highest BCUT2D eigenvalue weighted by atomic mass is 19.1. The SMILES string of the molecule is Oc1ccc(NCC2(F)CCCNCC2)cc1. The molecule has 17 heavy (non-hydrogen) atoms. The molecule has 1 saturated heterocycles. The average Bonchev–Trinajstić information content (AvgIpc) is 2.54. The topological polar surface area (TPSA) is 44.3 Å². The largest absolute Gasteiger partial charge is 0.508 e. The Morgan fingerprint density at radius 2 is 2.00 bits per heavy atom. The van der Waals surface area contributed by atoms with Crippen LogP contribution in [0.15, 0.2) is 24.3 Å². The number of benzene rings is 1. The van der Waals surface area contributed by atoms with E-state index in [-0.39, 0.29) is 5.75 Å². The molecule has 1 fully saturated rings. The predicted octanol–water partition coefficient (Wildman–Crippen LogP) is 2.29. The van der Waals surface area contributed by atoms with Crippen molar-refractivity contribution in [1.29, 1.82) is 0 Å². The van der Waals surface area contributed by atoms with E-state index in [0.717, 1.165) is 25.2 Å². The minimum atomic E-state index is -1.12. The molecule has 0 spiro atoms. The molecule has 1 unspecified atom stereocenters. The zero-order valence-electron chi connectivity index (χ0n) is 9.88. The van der Waals surface area contributed by atoms with Gasteiger partial charge < -0.3 is 15.7 Å². The van der Waals surface area contributed by atoms with Crippen molar-refractivity contribution in [2.45, 2.75) is 24.9 Å². The Kier molecular flexibility index (Phi) is 3.84. The van der Waals surface area contributed by atoms with Gasteiger partial charge in [0.15, 0.2) is 0 Å². The molecule has 1 atom stereocenters. The molecule has 4 heteroatoms. The van der Waals surface area contributed by atoms with E-state index in [0.29, 0.717) is 19.4 Å². The van der Waals surface area contributed by atoms with Crippen LogP contribution >= 0.6 is 0 Å². The molecule has 0 aromatic heterocycles. The summed E-state index contributed by atoms with van der Waals surface area (Å²) in [6, 6.07) is 6.71. The minimum absolute atomic E-state index is 0.226. The molecule has 0 aliphatic carbocycles. The van der Waals surface area contributed by atoms with Crippen molar-refractivity contribution in [2.24, 2.45) is 0 Å². The Morgan fingerprint density at radius 1 is 1.24 bits per heavy atom. The number of alkyl halides is 1. The van der Waals surface area contributed by atoms with Gasteiger partial charge in [-0.15, -0.1) is 0 Å². The third kappa shape index (κ3) is 3.60. The first-order valence-corrected chi connectivity index (χ1v) is 6.11. The summed E-state index contributed by atoms with van der Waals surface area (Å²) in [4.78, 5) is 0. The summed E-state index contributed by atoms with van der Waals surface area (Å²) in [5.41, 5.74) is -0.279. The van der Waals surface area contributed by atoms with E-state index in [1.54, 1.807) is 24.3 Å². The Morgan fingerprint density at radius 3 is 2.76 bits per heavy atom. The van der Waals surface area contributed by atoms with E-state index in [9.17, 15) is 4.39 Å². The van der Waals surface area contributed by atoms with Crippen LogP contribution in [-0.4, -0.2) is 30.4 Å². The number of rotatable bonds is 3. The van der Waals surface area contributed by atoms with Crippen molar-refractivity contribution in [1.82, 2.24) is 5.32 Å². The molecule has 1 heterocycles. The lowest BCUT2D eigenvalue weighted by molar-refractivity contribution is 0.161. The lowest BCUT2D eigenvalue weighted by Gasteiger charge is -2.24. The van der Waals surface area contributed by atoms with E-state index < -0.39 is 5.67 Å². The van der Waals surface area contributed by atoms with Gasteiger partial charge in [0.1, 0.15) is 11.4 Å². The minimum Gasteiger partial charge on any atom is -0.508 e. The third-order valence-corrected chi connectivity index (χ3v) is 3.20. The first-order valence-electron chi connectivity index (χ1n) is 6.11.